The van der Waals surface area contributed by atoms with Gasteiger partial charge in [0.1, 0.15) is 0 Å². The van der Waals surface area contributed by atoms with E-state index in [4.69, 9.17) is 10.8 Å². The van der Waals surface area contributed by atoms with Gasteiger partial charge in [0, 0.05) is 6.54 Å². The summed E-state index contributed by atoms with van der Waals surface area (Å²) in [7, 11) is 0. The fourth-order valence-electron chi connectivity index (χ4n) is 2.50. The van der Waals surface area contributed by atoms with Crippen molar-refractivity contribution in [1.82, 2.24) is 0 Å². The van der Waals surface area contributed by atoms with E-state index in [1.54, 1.807) is 0 Å². The van der Waals surface area contributed by atoms with Crippen LogP contribution in [0.3, 0.4) is 0 Å². The zero-order chi connectivity index (χ0) is 11.5. The molecule has 0 amide bonds. The summed E-state index contributed by atoms with van der Waals surface area (Å²) in [5.74, 6) is -1.37. The van der Waals surface area contributed by atoms with Gasteiger partial charge in [-0.05, 0) is 42.4 Å². The highest BCUT2D eigenvalue weighted by atomic mass is 16.4. The van der Waals surface area contributed by atoms with Gasteiger partial charge in [0.05, 0.1) is 5.92 Å². The van der Waals surface area contributed by atoms with Crippen LogP contribution >= 0.6 is 0 Å². The van der Waals surface area contributed by atoms with Crippen molar-refractivity contribution < 1.29 is 9.90 Å². The lowest BCUT2D eigenvalue weighted by Crippen LogP contribution is -2.23. The van der Waals surface area contributed by atoms with Crippen LogP contribution in [0, 0.1) is 0 Å². The molecule has 1 aromatic carbocycles. The van der Waals surface area contributed by atoms with E-state index in [9.17, 15) is 4.79 Å². The van der Waals surface area contributed by atoms with E-state index < -0.39 is 11.9 Å². The highest BCUT2D eigenvalue weighted by molar-refractivity contribution is 5.77. The van der Waals surface area contributed by atoms with Crippen LogP contribution in [0.1, 0.15) is 35.4 Å². The van der Waals surface area contributed by atoms with Crippen molar-refractivity contribution in [2.75, 3.05) is 6.54 Å². The molecule has 1 aliphatic rings. The Morgan fingerprint density at radius 1 is 1.38 bits per heavy atom. The Hall–Kier alpha value is -1.35. The second kappa shape index (κ2) is 4.66. The second-order valence-electron chi connectivity index (χ2n) is 4.32. The third-order valence-corrected chi connectivity index (χ3v) is 3.34. The van der Waals surface area contributed by atoms with Crippen molar-refractivity contribution in [3.8, 4) is 0 Å². The topological polar surface area (TPSA) is 63.3 Å². The number of hydrogen-bond donors (Lipinski definition) is 2. The Morgan fingerprint density at radius 3 is 2.81 bits per heavy atom. The number of carboxylic acid groups (broad SMARTS) is 1. The lowest BCUT2D eigenvalue weighted by molar-refractivity contribution is -0.138. The minimum atomic E-state index is -0.818. The number of aryl methyl sites for hydroxylation is 1. The summed E-state index contributed by atoms with van der Waals surface area (Å²) in [5, 5.41) is 9.15. The van der Waals surface area contributed by atoms with Crippen molar-refractivity contribution in [2.45, 2.75) is 31.6 Å². The van der Waals surface area contributed by atoms with Crippen molar-refractivity contribution in [3.05, 3.63) is 34.9 Å². The number of nitrogens with two attached hydrogens (primary N) is 1. The van der Waals surface area contributed by atoms with Crippen molar-refractivity contribution in [3.63, 3.8) is 0 Å². The zero-order valence-electron chi connectivity index (χ0n) is 9.28. The van der Waals surface area contributed by atoms with E-state index in [0.717, 1.165) is 24.8 Å². The summed E-state index contributed by atoms with van der Waals surface area (Å²) < 4.78 is 0. The SMILES string of the molecule is NCC(C(=O)O)c1cccc2c1CCCC2. The van der Waals surface area contributed by atoms with Crippen molar-refractivity contribution in [1.29, 1.82) is 0 Å². The fraction of sp³-hybridized carbons (Fsp3) is 0.462. The first kappa shape index (κ1) is 11.1. The first-order chi connectivity index (χ1) is 7.74. The molecule has 1 aliphatic carbocycles. The summed E-state index contributed by atoms with van der Waals surface area (Å²) in [4.78, 5) is 11.1. The third-order valence-electron chi connectivity index (χ3n) is 3.34. The lowest BCUT2D eigenvalue weighted by Gasteiger charge is -2.22. The average molecular weight is 219 g/mol. The highest BCUT2D eigenvalue weighted by Crippen LogP contribution is 2.29. The van der Waals surface area contributed by atoms with Crippen molar-refractivity contribution in [2.24, 2.45) is 5.73 Å². The Bertz CT molecular complexity index is 401. The van der Waals surface area contributed by atoms with Gasteiger partial charge in [-0.25, -0.2) is 0 Å². The predicted molar refractivity (Wildman–Crippen MR) is 62.5 cm³/mol. The Kier molecular flexibility index (Phi) is 3.25. The second-order valence-corrected chi connectivity index (χ2v) is 4.32. The number of carbonyl (C=O) groups is 1. The number of fused-ring (bicyclic) bond motifs is 1. The largest absolute Gasteiger partial charge is 0.481 e. The van der Waals surface area contributed by atoms with Crippen LogP contribution in [-0.4, -0.2) is 17.6 Å². The Balaban J connectivity index is 2.43. The van der Waals surface area contributed by atoms with E-state index in [2.05, 4.69) is 6.07 Å². The van der Waals surface area contributed by atoms with E-state index in [-0.39, 0.29) is 6.54 Å². The molecule has 3 N–H and O–H groups in total. The molecular formula is C13H17NO2. The average Bonchev–Trinajstić information content (AvgIpc) is 2.30. The third kappa shape index (κ3) is 1.95. The van der Waals surface area contributed by atoms with Crippen LogP contribution < -0.4 is 5.73 Å². The zero-order valence-corrected chi connectivity index (χ0v) is 9.28. The number of benzene rings is 1. The molecule has 3 heteroatoms. The predicted octanol–water partition coefficient (Wildman–Crippen LogP) is 1.69. The summed E-state index contributed by atoms with van der Waals surface area (Å²) in [5.41, 5.74) is 9.02. The standard InChI is InChI=1S/C13H17NO2/c14-8-12(13(15)16)11-7-3-5-9-4-1-2-6-10(9)11/h3,5,7,12H,1-2,4,6,8,14H2,(H,15,16). The molecule has 1 atom stereocenters. The molecular weight excluding hydrogens is 202 g/mol. The maximum absolute atomic E-state index is 11.1. The number of carboxylic acids is 1. The molecule has 0 aromatic heterocycles. The summed E-state index contributed by atoms with van der Waals surface area (Å²) in [6.07, 6.45) is 4.42. The summed E-state index contributed by atoms with van der Waals surface area (Å²) >= 11 is 0. The minimum absolute atomic E-state index is 0.172. The molecule has 0 bridgehead atoms. The van der Waals surface area contributed by atoms with Gasteiger partial charge < -0.3 is 10.8 Å². The monoisotopic (exact) mass is 219 g/mol. The number of hydrogen-bond acceptors (Lipinski definition) is 2. The van der Waals surface area contributed by atoms with Crippen LogP contribution in [0.5, 0.6) is 0 Å². The summed E-state index contributed by atoms with van der Waals surface area (Å²) in [6.45, 7) is 0.172. The van der Waals surface area contributed by atoms with Gasteiger partial charge in [0.2, 0.25) is 0 Å². The smallest absolute Gasteiger partial charge is 0.312 e. The Morgan fingerprint density at radius 2 is 2.12 bits per heavy atom. The van der Waals surface area contributed by atoms with Gasteiger partial charge in [-0.2, -0.15) is 0 Å². The van der Waals surface area contributed by atoms with Gasteiger partial charge in [-0.1, -0.05) is 18.2 Å². The molecule has 0 saturated heterocycles. The molecule has 0 heterocycles. The molecule has 1 aromatic rings. The number of aliphatic carboxylic acids is 1. The van der Waals surface area contributed by atoms with Gasteiger partial charge in [0.25, 0.3) is 0 Å². The summed E-state index contributed by atoms with van der Waals surface area (Å²) in [6, 6.07) is 5.97. The lowest BCUT2D eigenvalue weighted by atomic mass is 9.84. The van der Waals surface area contributed by atoms with E-state index in [1.165, 1.54) is 17.5 Å². The van der Waals surface area contributed by atoms with Crippen LogP contribution in [0.2, 0.25) is 0 Å². The van der Waals surface area contributed by atoms with Crippen LogP contribution in [0.4, 0.5) is 0 Å². The molecule has 2 rings (SSSR count). The van der Waals surface area contributed by atoms with Gasteiger partial charge >= 0.3 is 5.97 Å². The molecule has 16 heavy (non-hydrogen) atoms. The number of rotatable bonds is 3. The normalized spacial score (nSPS) is 16.6. The van der Waals surface area contributed by atoms with E-state index in [1.807, 2.05) is 12.1 Å². The van der Waals surface area contributed by atoms with Crippen molar-refractivity contribution >= 4 is 5.97 Å². The molecule has 0 radical (unpaired) electrons. The highest BCUT2D eigenvalue weighted by Gasteiger charge is 2.23. The molecule has 0 spiro atoms. The van der Waals surface area contributed by atoms with Gasteiger partial charge in [-0.3, -0.25) is 4.79 Å². The quantitative estimate of drug-likeness (QED) is 0.813. The molecule has 0 aliphatic heterocycles. The molecule has 0 saturated carbocycles. The van der Waals surface area contributed by atoms with Gasteiger partial charge in [-0.15, -0.1) is 0 Å². The minimum Gasteiger partial charge on any atom is -0.481 e. The van der Waals surface area contributed by atoms with E-state index >= 15 is 0 Å². The van der Waals surface area contributed by atoms with Crippen LogP contribution in [-0.2, 0) is 17.6 Å². The molecule has 1 unspecified atom stereocenters. The fourth-order valence-corrected chi connectivity index (χ4v) is 2.50. The maximum Gasteiger partial charge on any atom is 0.312 e. The molecule has 0 fully saturated rings. The van der Waals surface area contributed by atoms with Crippen LogP contribution in [0.25, 0.3) is 0 Å². The molecule has 86 valence electrons. The Labute approximate surface area is 95.3 Å². The van der Waals surface area contributed by atoms with Gasteiger partial charge in [0.15, 0.2) is 0 Å². The van der Waals surface area contributed by atoms with E-state index in [0.29, 0.717) is 0 Å². The maximum atomic E-state index is 11.1. The van der Waals surface area contributed by atoms with Crippen LogP contribution in [0.15, 0.2) is 18.2 Å². The molecule has 3 nitrogen and oxygen atoms in total. The first-order valence-corrected chi connectivity index (χ1v) is 5.77. The first-order valence-electron chi connectivity index (χ1n) is 5.77.